The summed E-state index contributed by atoms with van der Waals surface area (Å²) in [6, 6.07) is 11.6. The molecule has 0 bridgehead atoms. The average molecular weight is 469 g/mol. The molecule has 0 radical (unpaired) electrons. The monoisotopic (exact) mass is 468 g/mol. The van der Waals surface area contributed by atoms with Gasteiger partial charge in [0.1, 0.15) is 11.8 Å². The molecule has 2 aromatic rings. The van der Waals surface area contributed by atoms with Gasteiger partial charge in [0.05, 0.1) is 11.5 Å². The molecular weight excluding hydrogens is 444 g/mol. The molecule has 0 aliphatic rings. The highest BCUT2D eigenvalue weighted by Gasteiger charge is 2.24. The van der Waals surface area contributed by atoms with Gasteiger partial charge in [0.2, 0.25) is 10.0 Å². The van der Waals surface area contributed by atoms with E-state index in [9.17, 15) is 18.0 Å². The molecule has 0 spiro atoms. The molecule has 168 valence electrons. The molecule has 0 fully saturated rings. The Kier molecular flexibility index (Phi) is 8.85. The number of likely N-dealkylation sites (N-methyl/N-ethyl adjacent to an activating group) is 1. The van der Waals surface area contributed by atoms with Crippen molar-refractivity contribution in [1.29, 1.82) is 0 Å². The van der Waals surface area contributed by atoms with Crippen molar-refractivity contribution in [2.75, 3.05) is 20.3 Å². The van der Waals surface area contributed by atoms with Crippen LogP contribution in [0, 0.1) is 0 Å². The Morgan fingerprint density at radius 2 is 1.71 bits per heavy atom. The van der Waals surface area contributed by atoms with Crippen LogP contribution in [0.2, 0.25) is 5.02 Å². The lowest BCUT2D eigenvalue weighted by molar-refractivity contribution is -0.152. The number of carbonyl (C=O) groups is 2. The number of rotatable bonds is 10. The van der Waals surface area contributed by atoms with Gasteiger partial charge in [0.25, 0.3) is 5.91 Å². The minimum Gasteiger partial charge on any atom is -0.494 e. The molecule has 0 aliphatic heterocycles. The van der Waals surface area contributed by atoms with Crippen molar-refractivity contribution in [3.8, 4) is 5.75 Å². The molecule has 2 aromatic carbocycles. The zero-order chi connectivity index (χ0) is 23.0. The van der Waals surface area contributed by atoms with Crippen LogP contribution in [0.4, 0.5) is 0 Å². The van der Waals surface area contributed by atoms with Crippen LogP contribution in [-0.4, -0.2) is 51.5 Å². The maximum absolute atomic E-state index is 12.3. The fraction of sp³-hybridized carbons (Fsp3) is 0.333. The standard InChI is InChI=1S/C21H25ClN2O6S/c1-4-29-18-9-5-16(6-10-18)13-24(3)20(25)14-30-21(26)15(2)23-31(27,28)19-11-7-17(22)8-12-19/h5-12,15,23H,4,13-14H2,1-3H3/t15-/m0/s1. The van der Waals surface area contributed by atoms with Crippen LogP contribution in [-0.2, 0) is 30.9 Å². The number of nitrogens with one attached hydrogen (secondary N) is 1. The molecule has 2 rings (SSSR count). The zero-order valence-corrected chi connectivity index (χ0v) is 19.1. The van der Waals surface area contributed by atoms with Crippen molar-refractivity contribution >= 4 is 33.5 Å². The summed E-state index contributed by atoms with van der Waals surface area (Å²) >= 11 is 5.75. The van der Waals surface area contributed by atoms with Crippen molar-refractivity contribution < 1.29 is 27.5 Å². The van der Waals surface area contributed by atoms with Crippen LogP contribution in [0.25, 0.3) is 0 Å². The molecule has 31 heavy (non-hydrogen) atoms. The third-order valence-electron chi connectivity index (χ3n) is 4.23. The number of ether oxygens (including phenoxy) is 2. The summed E-state index contributed by atoms with van der Waals surface area (Å²) in [7, 11) is -2.36. The van der Waals surface area contributed by atoms with E-state index in [4.69, 9.17) is 21.1 Å². The van der Waals surface area contributed by atoms with Crippen molar-refractivity contribution in [1.82, 2.24) is 9.62 Å². The predicted octanol–water partition coefficient (Wildman–Crippen LogP) is 2.61. The molecule has 8 nitrogen and oxygen atoms in total. The van der Waals surface area contributed by atoms with Gasteiger partial charge in [-0.15, -0.1) is 0 Å². The fourth-order valence-corrected chi connectivity index (χ4v) is 3.87. The summed E-state index contributed by atoms with van der Waals surface area (Å²) in [5.74, 6) is -0.542. The summed E-state index contributed by atoms with van der Waals surface area (Å²) in [5, 5.41) is 0.388. The lowest BCUT2D eigenvalue weighted by Gasteiger charge is -2.18. The normalized spacial score (nSPS) is 12.1. The van der Waals surface area contributed by atoms with E-state index in [1.165, 1.54) is 36.1 Å². The average Bonchev–Trinajstić information content (AvgIpc) is 2.73. The van der Waals surface area contributed by atoms with Gasteiger partial charge in [-0.25, -0.2) is 8.42 Å². The summed E-state index contributed by atoms with van der Waals surface area (Å²) in [6.07, 6.45) is 0. The minimum atomic E-state index is -3.94. The smallest absolute Gasteiger partial charge is 0.324 e. The molecule has 0 aromatic heterocycles. The maximum Gasteiger partial charge on any atom is 0.324 e. The second kappa shape index (κ2) is 11.1. The van der Waals surface area contributed by atoms with Crippen molar-refractivity contribution in [3.05, 3.63) is 59.1 Å². The van der Waals surface area contributed by atoms with Gasteiger partial charge in [-0.1, -0.05) is 23.7 Å². The predicted molar refractivity (Wildman–Crippen MR) is 116 cm³/mol. The van der Waals surface area contributed by atoms with E-state index in [1.807, 2.05) is 31.2 Å². The first-order chi connectivity index (χ1) is 14.6. The number of nitrogens with zero attached hydrogens (tertiary/aromatic N) is 1. The highest BCUT2D eigenvalue weighted by molar-refractivity contribution is 7.89. The first-order valence-electron chi connectivity index (χ1n) is 9.52. The van der Waals surface area contributed by atoms with Crippen LogP contribution in [0.5, 0.6) is 5.75 Å². The quantitative estimate of drug-likeness (QED) is 0.538. The first-order valence-corrected chi connectivity index (χ1v) is 11.4. The van der Waals surface area contributed by atoms with Gasteiger partial charge in [0.15, 0.2) is 6.61 Å². The minimum absolute atomic E-state index is 0.0392. The third kappa shape index (κ3) is 7.54. The van der Waals surface area contributed by atoms with Gasteiger partial charge < -0.3 is 14.4 Å². The van der Waals surface area contributed by atoms with Crippen LogP contribution in [0.1, 0.15) is 19.4 Å². The number of hydrogen-bond donors (Lipinski definition) is 1. The van der Waals surface area contributed by atoms with Crippen LogP contribution >= 0.6 is 11.6 Å². The number of amides is 1. The largest absolute Gasteiger partial charge is 0.494 e. The number of benzene rings is 2. The highest BCUT2D eigenvalue weighted by atomic mass is 35.5. The van der Waals surface area contributed by atoms with Gasteiger partial charge in [-0.3, -0.25) is 9.59 Å². The summed E-state index contributed by atoms with van der Waals surface area (Å²) in [5.41, 5.74) is 0.884. The number of carbonyl (C=O) groups excluding carboxylic acids is 2. The Labute approximate surface area is 187 Å². The number of sulfonamides is 1. The second-order valence-corrected chi connectivity index (χ2v) is 8.88. The topological polar surface area (TPSA) is 102 Å². The van der Waals surface area contributed by atoms with Crippen molar-refractivity contribution in [3.63, 3.8) is 0 Å². The summed E-state index contributed by atoms with van der Waals surface area (Å²) < 4.78 is 37.2. The van der Waals surface area contributed by atoms with Crippen LogP contribution < -0.4 is 9.46 Å². The molecular formula is C21H25ClN2O6S. The SMILES string of the molecule is CCOc1ccc(CN(C)C(=O)COC(=O)[C@H](C)NS(=O)(=O)c2ccc(Cl)cc2)cc1. The van der Waals surface area contributed by atoms with Gasteiger partial charge in [-0.05, 0) is 55.8 Å². The Morgan fingerprint density at radius 1 is 1.10 bits per heavy atom. The maximum atomic E-state index is 12.3. The van der Waals surface area contributed by atoms with Gasteiger partial charge in [0, 0.05) is 18.6 Å². The second-order valence-electron chi connectivity index (χ2n) is 6.73. The van der Waals surface area contributed by atoms with Crippen molar-refractivity contribution in [2.24, 2.45) is 0 Å². The first kappa shape index (κ1) is 24.6. The van der Waals surface area contributed by atoms with Crippen LogP contribution in [0.15, 0.2) is 53.4 Å². The van der Waals surface area contributed by atoms with E-state index in [2.05, 4.69) is 4.72 Å². The zero-order valence-electron chi connectivity index (χ0n) is 17.5. The Hall–Kier alpha value is -2.62. The molecule has 0 saturated heterocycles. The Morgan fingerprint density at radius 3 is 2.29 bits per heavy atom. The highest BCUT2D eigenvalue weighted by Crippen LogP contribution is 2.15. The van der Waals surface area contributed by atoms with E-state index in [0.717, 1.165) is 11.3 Å². The molecule has 0 unspecified atom stereocenters. The van der Waals surface area contributed by atoms with E-state index in [-0.39, 0.29) is 4.90 Å². The molecule has 1 atom stereocenters. The Balaban J connectivity index is 1.84. The van der Waals surface area contributed by atoms with E-state index < -0.39 is 34.5 Å². The number of hydrogen-bond acceptors (Lipinski definition) is 6. The molecule has 10 heteroatoms. The van der Waals surface area contributed by atoms with E-state index in [0.29, 0.717) is 18.2 Å². The molecule has 0 heterocycles. The molecule has 1 N–H and O–H groups in total. The van der Waals surface area contributed by atoms with Crippen LogP contribution in [0.3, 0.4) is 0 Å². The molecule has 0 saturated carbocycles. The van der Waals surface area contributed by atoms with E-state index in [1.54, 1.807) is 7.05 Å². The Bertz CT molecular complexity index is 994. The fourth-order valence-electron chi connectivity index (χ4n) is 2.55. The van der Waals surface area contributed by atoms with Gasteiger partial charge in [-0.2, -0.15) is 4.72 Å². The lowest BCUT2D eigenvalue weighted by atomic mass is 10.2. The number of halogens is 1. The number of esters is 1. The molecule has 0 aliphatic carbocycles. The third-order valence-corrected chi connectivity index (χ3v) is 6.04. The molecule has 1 amide bonds. The van der Waals surface area contributed by atoms with E-state index >= 15 is 0 Å². The summed E-state index contributed by atoms with van der Waals surface area (Å²) in [6.45, 7) is 3.62. The lowest BCUT2D eigenvalue weighted by Crippen LogP contribution is -2.41. The summed E-state index contributed by atoms with van der Waals surface area (Å²) in [4.78, 5) is 25.8. The van der Waals surface area contributed by atoms with Gasteiger partial charge >= 0.3 is 5.97 Å². The van der Waals surface area contributed by atoms with Crippen molar-refractivity contribution in [2.45, 2.75) is 31.3 Å².